The van der Waals surface area contributed by atoms with Gasteiger partial charge in [0.1, 0.15) is 6.73 Å². The third-order valence-electron chi connectivity index (χ3n) is 5.42. The highest BCUT2D eigenvalue weighted by Gasteiger charge is 2.30. The van der Waals surface area contributed by atoms with E-state index in [1.165, 1.54) is 12.1 Å². The highest BCUT2D eigenvalue weighted by Crippen LogP contribution is 2.37. The summed E-state index contributed by atoms with van der Waals surface area (Å²) in [6.45, 7) is 8.06. The molecule has 0 aliphatic heterocycles. The minimum absolute atomic E-state index is 0.409. The van der Waals surface area contributed by atoms with Crippen molar-refractivity contribution in [1.82, 2.24) is 9.55 Å². The number of para-hydroxylation sites is 1. The van der Waals surface area contributed by atoms with Gasteiger partial charge in [0, 0.05) is 37.2 Å². The van der Waals surface area contributed by atoms with Crippen LogP contribution in [0, 0.1) is 0 Å². The standard InChI is InChI=1S/C24H25F3N2OSi/c1-31(2,3)13-12-30-16-29-21-7-5-4-6-19(21)23-20(14-28-15-22(23)29)17-8-10-18(11-9-17)24(25,26)27/h4-11,14-15H,12-13,16H2,1-3H3. The van der Waals surface area contributed by atoms with Crippen LogP contribution in [-0.4, -0.2) is 24.2 Å². The Morgan fingerprint density at radius 1 is 0.935 bits per heavy atom. The molecule has 3 nitrogen and oxygen atoms in total. The summed E-state index contributed by atoms with van der Waals surface area (Å²) in [6.07, 6.45) is -0.843. The van der Waals surface area contributed by atoms with E-state index in [9.17, 15) is 13.2 Å². The molecule has 31 heavy (non-hydrogen) atoms. The van der Waals surface area contributed by atoms with Crippen molar-refractivity contribution in [3.8, 4) is 11.1 Å². The Morgan fingerprint density at radius 3 is 2.32 bits per heavy atom. The molecule has 4 rings (SSSR count). The van der Waals surface area contributed by atoms with Crippen molar-refractivity contribution >= 4 is 29.9 Å². The van der Waals surface area contributed by atoms with E-state index in [1.807, 2.05) is 24.3 Å². The number of halogens is 3. The summed E-state index contributed by atoms with van der Waals surface area (Å²) < 4.78 is 47.0. The summed E-state index contributed by atoms with van der Waals surface area (Å²) in [6, 6.07) is 14.3. The van der Waals surface area contributed by atoms with Crippen LogP contribution in [0.1, 0.15) is 5.56 Å². The maximum Gasteiger partial charge on any atom is 0.416 e. The highest BCUT2D eigenvalue weighted by atomic mass is 28.3. The number of pyridine rings is 1. The zero-order valence-corrected chi connectivity index (χ0v) is 18.8. The molecule has 0 aliphatic carbocycles. The molecule has 162 valence electrons. The van der Waals surface area contributed by atoms with Gasteiger partial charge >= 0.3 is 6.18 Å². The van der Waals surface area contributed by atoms with Gasteiger partial charge in [0.2, 0.25) is 0 Å². The molecule has 0 spiro atoms. The van der Waals surface area contributed by atoms with Gasteiger partial charge in [0.15, 0.2) is 0 Å². The van der Waals surface area contributed by atoms with Crippen LogP contribution in [-0.2, 0) is 17.6 Å². The van der Waals surface area contributed by atoms with Gasteiger partial charge in [-0.3, -0.25) is 4.98 Å². The number of nitrogens with zero attached hydrogens (tertiary/aromatic N) is 2. The summed E-state index contributed by atoms with van der Waals surface area (Å²) in [5.74, 6) is 0. The van der Waals surface area contributed by atoms with Gasteiger partial charge in [-0.05, 0) is 29.8 Å². The Bertz CT molecular complexity index is 1210. The zero-order valence-electron chi connectivity index (χ0n) is 17.8. The Hall–Kier alpha value is -2.64. The van der Waals surface area contributed by atoms with E-state index in [0.29, 0.717) is 18.9 Å². The molecule has 0 saturated carbocycles. The second-order valence-corrected chi connectivity index (χ2v) is 14.6. The van der Waals surface area contributed by atoms with Crippen LogP contribution >= 0.6 is 0 Å². The lowest BCUT2D eigenvalue weighted by Gasteiger charge is -2.16. The number of alkyl halides is 3. The van der Waals surface area contributed by atoms with E-state index in [-0.39, 0.29) is 0 Å². The van der Waals surface area contributed by atoms with Crippen molar-refractivity contribution < 1.29 is 17.9 Å². The average Bonchev–Trinajstić information content (AvgIpc) is 3.04. The Labute approximate surface area is 180 Å². The fourth-order valence-electron chi connectivity index (χ4n) is 3.72. The second kappa shape index (κ2) is 8.13. The van der Waals surface area contributed by atoms with Crippen molar-refractivity contribution in [2.45, 2.75) is 38.6 Å². The molecule has 0 aliphatic rings. The van der Waals surface area contributed by atoms with Gasteiger partial charge in [-0.2, -0.15) is 13.2 Å². The van der Waals surface area contributed by atoms with Crippen LogP contribution in [0.2, 0.25) is 25.7 Å². The van der Waals surface area contributed by atoms with Gasteiger partial charge in [-0.15, -0.1) is 0 Å². The number of hydrogen-bond acceptors (Lipinski definition) is 2. The van der Waals surface area contributed by atoms with Crippen molar-refractivity contribution in [2.24, 2.45) is 0 Å². The smallest absolute Gasteiger partial charge is 0.361 e. The minimum Gasteiger partial charge on any atom is -0.361 e. The topological polar surface area (TPSA) is 27.1 Å². The van der Waals surface area contributed by atoms with E-state index < -0.39 is 19.8 Å². The Balaban J connectivity index is 1.77. The van der Waals surface area contributed by atoms with Crippen LogP contribution < -0.4 is 0 Å². The zero-order chi connectivity index (χ0) is 22.2. The lowest BCUT2D eigenvalue weighted by molar-refractivity contribution is -0.137. The van der Waals surface area contributed by atoms with Crippen molar-refractivity contribution in [2.75, 3.05) is 6.61 Å². The SMILES string of the molecule is C[Si](C)(C)CCOCn1c2ccccc2c2c(-c3ccc(C(F)(F)F)cc3)cncc21. The largest absolute Gasteiger partial charge is 0.416 e. The number of rotatable bonds is 6. The molecule has 0 bridgehead atoms. The lowest BCUT2D eigenvalue weighted by atomic mass is 10.0. The average molecular weight is 443 g/mol. The van der Waals surface area contributed by atoms with E-state index in [0.717, 1.165) is 45.5 Å². The number of ether oxygens (including phenoxy) is 1. The maximum atomic E-state index is 13.0. The first-order valence-corrected chi connectivity index (χ1v) is 14.0. The van der Waals surface area contributed by atoms with Gasteiger partial charge < -0.3 is 9.30 Å². The fraction of sp³-hybridized carbons (Fsp3) is 0.292. The van der Waals surface area contributed by atoms with Gasteiger partial charge in [0.25, 0.3) is 0 Å². The van der Waals surface area contributed by atoms with Crippen LogP contribution in [0.25, 0.3) is 32.9 Å². The van der Waals surface area contributed by atoms with E-state index in [2.05, 4.69) is 29.2 Å². The lowest BCUT2D eigenvalue weighted by Crippen LogP contribution is -2.22. The molecule has 0 N–H and O–H groups in total. The molecule has 2 heterocycles. The summed E-state index contributed by atoms with van der Waals surface area (Å²) in [5, 5.41) is 2.00. The number of hydrogen-bond donors (Lipinski definition) is 0. The first-order chi connectivity index (χ1) is 14.6. The number of fused-ring (bicyclic) bond motifs is 3. The van der Waals surface area contributed by atoms with Crippen molar-refractivity contribution in [1.29, 1.82) is 0 Å². The predicted molar refractivity (Wildman–Crippen MR) is 122 cm³/mol. The molecule has 0 fully saturated rings. The summed E-state index contributed by atoms with van der Waals surface area (Å²) >= 11 is 0. The van der Waals surface area contributed by atoms with Crippen LogP contribution in [0.4, 0.5) is 13.2 Å². The highest BCUT2D eigenvalue weighted by molar-refractivity contribution is 6.76. The quantitative estimate of drug-likeness (QED) is 0.233. The van der Waals surface area contributed by atoms with Crippen molar-refractivity contribution in [3.05, 3.63) is 66.5 Å². The van der Waals surface area contributed by atoms with Crippen LogP contribution in [0.3, 0.4) is 0 Å². The first kappa shape index (κ1) is 21.6. The van der Waals surface area contributed by atoms with E-state index in [4.69, 9.17) is 4.74 Å². The molecule has 0 atom stereocenters. The molecule has 7 heteroatoms. The Kier molecular flexibility index (Phi) is 5.66. The number of aromatic nitrogens is 2. The monoisotopic (exact) mass is 442 g/mol. The van der Waals surface area contributed by atoms with Gasteiger partial charge in [0.05, 0.1) is 22.8 Å². The third-order valence-corrected chi connectivity index (χ3v) is 7.13. The Morgan fingerprint density at radius 2 is 1.65 bits per heavy atom. The summed E-state index contributed by atoms with van der Waals surface area (Å²) in [7, 11) is -1.18. The molecule has 0 saturated heterocycles. The molecule has 2 aromatic carbocycles. The molecule has 0 amide bonds. The fourth-order valence-corrected chi connectivity index (χ4v) is 4.48. The normalized spacial score (nSPS) is 12.7. The molecule has 4 aromatic rings. The molecule has 0 unspecified atom stereocenters. The summed E-state index contributed by atoms with van der Waals surface area (Å²) in [5.41, 5.74) is 2.78. The summed E-state index contributed by atoms with van der Waals surface area (Å²) in [4.78, 5) is 4.39. The van der Waals surface area contributed by atoms with E-state index in [1.54, 1.807) is 12.4 Å². The van der Waals surface area contributed by atoms with Crippen LogP contribution in [0.15, 0.2) is 60.9 Å². The third kappa shape index (κ3) is 4.52. The second-order valence-electron chi connectivity index (χ2n) is 8.95. The van der Waals surface area contributed by atoms with E-state index >= 15 is 0 Å². The number of benzene rings is 2. The predicted octanol–water partition coefficient (Wildman–Crippen LogP) is 7.19. The molecule has 0 radical (unpaired) electrons. The van der Waals surface area contributed by atoms with Gasteiger partial charge in [-0.1, -0.05) is 50.0 Å². The van der Waals surface area contributed by atoms with Crippen LogP contribution in [0.5, 0.6) is 0 Å². The molecular weight excluding hydrogens is 417 g/mol. The van der Waals surface area contributed by atoms with Crippen molar-refractivity contribution in [3.63, 3.8) is 0 Å². The first-order valence-electron chi connectivity index (χ1n) is 10.3. The molecular formula is C24H25F3N2OSi. The maximum absolute atomic E-state index is 13.0. The van der Waals surface area contributed by atoms with Gasteiger partial charge in [-0.25, -0.2) is 0 Å². The molecule has 2 aromatic heterocycles. The minimum atomic E-state index is -4.36.